The maximum atomic E-state index is 1.61. The molecule has 3 saturated carbocycles. The van der Waals surface area contributed by atoms with E-state index < -0.39 is 0 Å². The number of rotatable bonds is 0. The summed E-state index contributed by atoms with van der Waals surface area (Å²) in [6, 6.07) is 0. The van der Waals surface area contributed by atoms with Gasteiger partial charge in [0.25, 0.3) is 0 Å². The molecule has 3 fully saturated rings. The van der Waals surface area contributed by atoms with Crippen molar-refractivity contribution >= 4 is 0 Å². The lowest BCUT2D eigenvalue weighted by Gasteiger charge is -2.03. The molecule has 3 rings (SSSR count). The molecule has 0 aromatic rings. The molecular weight excluding hydrogens is 96.1 g/mol. The van der Waals surface area contributed by atoms with Crippen LogP contribution in [0.15, 0.2) is 0 Å². The van der Waals surface area contributed by atoms with Gasteiger partial charge in [0.05, 0.1) is 0 Å². The molecule has 0 nitrogen and oxygen atoms in total. The first-order valence-electron chi connectivity index (χ1n) is 3.91. The first-order valence-corrected chi connectivity index (χ1v) is 3.91. The highest BCUT2D eigenvalue weighted by Crippen LogP contribution is 2.73. The molecule has 0 aromatic carbocycles. The van der Waals surface area contributed by atoms with Crippen molar-refractivity contribution in [2.24, 2.45) is 17.3 Å². The molecule has 3 aliphatic carbocycles. The molecule has 3 aliphatic rings. The largest absolute Gasteiger partial charge is 0.0496 e. The molecule has 1 unspecified atom stereocenters. The minimum Gasteiger partial charge on any atom is -0.0496 e. The van der Waals surface area contributed by atoms with E-state index in [1.54, 1.807) is 32.1 Å². The second kappa shape index (κ2) is 0.872. The third-order valence-corrected chi connectivity index (χ3v) is 3.61. The van der Waals surface area contributed by atoms with Gasteiger partial charge in [0.1, 0.15) is 0 Å². The molecule has 0 bridgehead atoms. The van der Waals surface area contributed by atoms with Crippen LogP contribution in [0.3, 0.4) is 0 Å². The van der Waals surface area contributed by atoms with Crippen LogP contribution >= 0.6 is 0 Å². The average molecular weight is 108 g/mol. The van der Waals surface area contributed by atoms with Gasteiger partial charge in [-0.3, -0.25) is 0 Å². The van der Waals surface area contributed by atoms with E-state index in [4.69, 9.17) is 0 Å². The summed E-state index contributed by atoms with van der Waals surface area (Å²) in [5, 5.41) is 0. The third kappa shape index (κ3) is 0.284. The molecule has 0 N–H and O–H groups in total. The predicted molar refractivity (Wildman–Crippen MR) is 32.5 cm³/mol. The van der Waals surface area contributed by atoms with Gasteiger partial charge in [-0.25, -0.2) is 0 Å². The van der Waals surface area contributed by atoms with Crippen molar-refractivity contribution in [2.75, 3.05) is 0 Å². The fraction of sp³-hybridized carbons (Fsp3) is 1.00. The van der Waals surface area contributed by atoms with Crippen molar-refractivity contribution in [2.45, 2.75) is 32.1 Å². The summed E-state index contributed by atoms with van der Waals surface area (Å²) in [4.78, 5) is 0. The minimum atomic E-state index is 0.977. The monoisotopic (exact) mass is 108 g/mol. The first kappa shape index (κ1) is 3.92. The minimum absolute atomic E-state index is 0.977. The predicted octanol–water partition coefficient (Wildman–Crippen LogP) is 2.20. The van der Waals surface area contributed by atoms with Gasteiger partial charge in [-0.1, -0.05) is 0 Å². The summed E-state index contributed by atoms with van der Waals surface area (Å²) in [6.07, 6.45) is 7.98. The van der Waals surface area contributed by atoms with Crippen molar-refractivity contribution in [3.63, 3.8) is 0 Å². The second-order valence-corrected chi connectivity index (χ2v) is 4.00. The second-order valence-electron chi connectivity index (χ2n) is 4.00. The van der Waals surface area contributed by atoms with Gasteiger partial charge in [0, 0.05) is 0 Å². The SMILES string of the molecule is C1CC2(CC2)C2C[C@@H]12. The number of hydrogen-bond acceptors (Lipinski definition) is 0. The molecule has 0 heteroatoms. The van der Waals surface area contributed by atoms with E-state index in [1.807, 2.05) is 0 Å². The summed E-state index contributed by atoms with van der Waals surface area (Å²) < 4.78 is 0. The first-order chi connectivity index (χ1) is 3.91. The lowest BCUT2D eigenvalue weighted by atomic mass is 10.0. The van der Waals surface area contributed by atoms with Gasteiger partial charge in [-0.2, -0.15) is 0 Å². The van der Waals surface area contributed by atoms with Gasteiger partial charge in [0.2, 0.25) is 0 Å². The van der Waals surface area contributed by atoms with Crippen LogP contribution in [0.4, 0.5) is 0 Å². The van der Waals surface area contributed by atoms with Gasteiger partial charge >= 0.3 is 0 Å². The van der Waals surface area contributed by atoms with Crippen LogP contribution in [0.1, 0.15) is 32.1 Å². The maximum Gasteiger partial charge on any atom is -0.0266 e. The molecule has 0 heterocycles. The van der Waals surface area contributed by atoms with E-state index in [0.717, 1.165) is 5.41 Å². The Morgan fingerprint density at radius 3 is 2.25 bits per heavy atom. The van der Waals surface area contributed by atoms with E-state index in [-0.39, 0.29) is 0 Å². The highest BCUT2D eigenvalue weighted by atomic mass is 14.7. The lowest BCUT2D eigenvalue weighted by Crippen LogP contribution is -1.95. The highest BCUT2D eigenvalue weighted by Gasteiger charge is 2.63. The molecule has 0 aliphatic heterocycles. The van der Waals surface area contributed by atoms with Gasteiger partial charge < -0.3 is 0 Å². The van der Waals surface area contributed by atoms with Crippen LogP contribution in [-0.4, -0.2) is 0 Å². The molecule has 0 aromatic heterocycles. The van der Waals surface area contributed by atoms with Crippen LogP contribution in [0.2, 0.25) is 0 Å². The van der Waals surface area contributed by atoms with Gasteiger partial charge in [0.15, 0.2) is 0 Å². The Bertz CT molecular complexity index is 133. The summed E-state index contributed by atoms with van der Waals surface area (Å²) >= 11 is 0. The molecule has 0 radical (unpaired) electrons. The number of fused-ring (bicyclic) bond motifs is 2. The normalized spacial score (nSPS) is 54.0. The molecular formula is C8H12. The zero-order valence-corrected chi connectivity index (χ0v) is 5.19. The van der Waals surface area contributed by atoms with Crippen LogP contribution in [0, 0.1) is 17.3 Å². The van der Waals surface area contributed by atoms with Crippen LogP contribution < -0.4 is 0 Å². The average Bonchev–Trinajstić information content (AvgIpc) is 2.46. The summed E-state index contributed by atoms with van der Waals surface area (Å²) in [5.74, 6) is 2.46. The molecule has 2 atom stereocenters. The van der Waals surface area contributed by atoms with Gasteiger partial charge in [-0.05, 0) is 49.4 Å². The van der Waals surface area contributed by atoms with Crippen molar-refractivity contribution in [1.29, 1.82) is 0 Å². The standard InChI is InChI=1S/C8H12/c1-2-8(3-4-8)7-5-6(1)7/h6-7H,1-5H2/t6-,7?/m1/s1. The maximum absolute atomic E-state index is 1.61. The fourth-order valence-electron chi connectivity index (χ4n) is 2.76. The van der Waals surface area contributed by atoms with Crippen molar-refractivity contribution in [3.05, 3.63) is 0 Å². The van der Waals surface area contributed by atoms with Crippen LogP contribution in [0.25, 0.3) is 0 Å². The third-order valence-electron chi connectivity index (χ3n) is 3.61. The van der Waals surface area contributed by atoms with E-state index in [1.165, 1.54) is 11.8 Å². The highest BCUT2D eigenvalue weighted by molar-refractivity contribution is 5.13. The lowest BCUT2D eigenvalue weighted by molar-refractivity contribution is 0.460. The topological polar surface area (TPSA) is 0 Å². The van der Waals surface area contributed by atoms with Crippen LogP contribution in [-0.2, 0) is 0 Å². The summed E-state index contributed by atoms with van der Waals surface area (Å²) in [6.45, 7) is 0. The summed E-state index contributed by atoms with van der Waals surface area (Å²) in [5.41, 5.74) is 0.977. The Morgan fingerprint density at radius 1 is 1.12 bits per heavy atom. The van der Waals surface area contributed by atoms with E-state index in [9.17, 15) is 0 Å². The molecule has 0 amide bonds. The number of hydrogen-bond donors (Lipinski definition) is 0. The van der Waals surface area contributed by atoms with Crippen molar-refractivity contribution < 1.29 is 0 Å². The quantitative estimate of drug-likeness (QED) is 0.446. The Labute approximate surface area is 50.3 Å². The Balaban J connectivity index is 1.99. The molecule has 44 valence electrons. The van der Waals surface area contributed by atoms with Crippen molar-refractivity contribution in [1.82, 2.24) is 0 Å². The van der Waals surface area contributed by atoms with Gasteiger partial charge in [-0.15, -0.1) is 0 Å². The van der Waals surface area contributed by atoms with E-state index >= 15 is 0 Å². The zero-order chi connectivity index (χ0) is 5.19. The van der Waals surface area contributed by atoms with E-state index in [0.29, 0.717) is 0 Å². The Kier molecular flexibility index (Phi) is 0.427. The molecule has 8 heavy (non-hydrogen) atoms. The van der Waals surface area contributed by atoms with Crippen molar-refractivity contribution in [3.8, 4) is 0 Å². The van der Waals surface area contributed by atoms with E-state index in [2.05, 4.69) is 0 Å². The zero-order valence-electron chi connectivity index (χ0n) is 5.19. The van der Waals surface area contributed by atoms with Crippen LogP contribution in [0.5, 0.6) is 0 Å². The fourth-order valence-corrected chi connectivity index (χ4v) is 2.76. The Morgan fingerprint density at radius 2 is 2.00 bits per heavy atom. The summed E-state index contributed by atoms with van der Waals surface area (Å²) in [7, 11) is 0. The smallest absolute Gasteiger partial charge is 0.0266 e. The molecule has 1 spiro atoms. The molecule has 0 saturated heterocycles. The Hall–Kier alpha value is 0.